The monoisotopic (exact) mass is 414 g/mol. The first kappa shape index (κ1) is 22.6. The predicted molar refractivity (Wildman–Crippen MR) is 125 cm³/mol. The Balaban J connectivity index is 1.55. The van der Waals surface area contributed by atoms with Gasteiger partial charge in [-0.2, -0.15) is 0 Å². The Morgan fingerprint density at radius 2 is 1.60 bits per heavy atom. The molecule has 2 nitrogen and oxygen atoms in total. The van der Waals surface area contributed by atoms with Gasteiger partial charge in [0, 0.05) is 0 Å². The molecule has 0 spiro atoms. The van der Waals surface area contributed by atoms with Crippen molar-refractivity contribution in [2.24, 2.45) is 52.3 Å². The van der Waals surface area contributed by atoms with Crippen LogP contribution in [0.4, 0.5) is 0 Å². The fourth-order valence-corrected chi connectivity index (χ4v) is 8.71. The highest BCUT2D eigenvalue weighted by Crippen LogP contribution is 2.68. The molecule has 0 aliphatic heterocycles. The molecule has 0 radical (unpaired) electrons. The molecule has 4 aliphatic rings. The molecule has 30 heavy (non-hydrogen) atoms. The summed E-state index contributed by atoms with van der Waals surface area (Å²) in [5, 5.41) is 21.6. The maximum absolute atomic E-state index is 11.4. The summed E-state index contributed by atoms with van der Waals surface area (Å²) >= 11 is 0. The SMILES string of the molecule is C=C(/C=C/C(C)C1CCC2C3C(O)CC4CC(O)CCC4(C)C3CCC12C)C(C)C. The maximum atomic E-state index is 11.4. The average Bonchev–Trinajstić information content (AvgIpc) is 3.04. The van der Waals surface area contributed by atoms with E-state index in [0.717, 1.165) is 25.7 Å². The van der Waals surface area contributed by atoms with Gasteiger partial charge < -0.3 is 10.2 Å². The lowest BCUT2D eigenvalue weighted by atomic mass is 9.43. The van der Waals surface area contributed by atoms with Crippen LogP contribution in [0.3, 0.4) is 0 Å². The minimum atomic E-state index is -0.173. The van der Waals surface area contributed by atoms with E-state index >= 15 is 0 Å². The molecule has 2 N–H and O–H groups in total. The second-order valence-electron chi connectivity index (χ2n) is 12.4. The molecule has 0 aromatic rings. The van der Waals surface area contributed by atoms with Crippen LogP contribution in [0.15, 0.2) is 24.3 Å². The molecule has 4 fully saturated rings. The number of aliphatic hydroxyl groups is 2. The molecular formula is C28H46O2. The zero-order valence-corrected chi connectivity index (χ0v) is 20.1. The average molecular weight is 415 g/mol. The Hall–Kier alpha value is -0.600. The fourth-order valence-electron chi connectivity index (χ4n) is 8.71. The van der Waals surface area contributed by atoms with Crippen molar-refractivity contribution in [1.82, 2.24) is 0 Å². The van der Waals surface area contributed by atoms with E-state index in [-0.39, 0.29) is 12.2 Å². The van der Waals surface area contributed by atoms with E-state index in [2.05, 4.69) is 53.3 Å². The number of hydrogen-bond acceptors (Lipinski definition) is 2. The van der Waals surface area contributed by atoms with Gasteiger partial charge in [-0.1, -0.05) is 58.9 Å². The van der Waals surface area contributed by atoms with Crippen molar-refractivity contribution < 1.29 is 10.2 Å². The molecule has 170 valence electrons. The van der Waals surface area contributed by atoms with Crippen LogP contribution in [0.1, 0.15) is 86.0 Å². The summed E-state index contributed by atoms with van der Waals surface area (Å²) < 4.78 is 0. The molecule has 0 amide bonds. The number of allylic oxidation sites excluding steroid dienone is 3. The Bertz CT molecular complexity index is 680. The first-order valence-electron chi connectivity index (χ1n) is 12.8. The van der Waals surface area contributed by atoms with Crippen LogP contribution >= 0.6 is 0 Å². The number of hydrogen-bond donors (Lipinski definition) is 2. The highest BCUT2D eigenvalue weighted by atomic mass is 16.3. The Labute approximate surface area is 185 Å². The summed E-state index contributed by atoms with van der Waals surface area (Å²) in [6, 6.07) is 0. The van der Waals surface area contributed by atoms with Gasteiger partial charge in [-0.25, -0.2) is 0 Å². The van der Waals surface area contributed by atoms with Crippen molar-refractivity contribution in [3.05, 3.63) is 24.3 Å². The van der Waals surface area contributed by atoms with E-state index in [1.54, 1.807) is 0 Å². The van der Waals surface area contributed by atoms with Crippen molar-refractivity contribution >= 4 is 0 Å². The van der Waals surface area contributed by atoms with E-state index in [1.807, 2.05) is 0 Å². The third-order valence-corrected chi connectivity index (χ3v) is 10.7. The van der Waals surface area contributed by atoms with Crippen LogP contribution in [0.25, 0.3) is 0 Å². The molecule has 0 bridgehead atoms. The molecule has 4 rings (SSSR count). The molecule has 10 atom stereocenters. The van der Waals surface area contributed by atoms with Crippen molar-refractivity contribution in [2.75, 3.05) is 0 Å². The number of rotatable bonds is 4. The summed E-state index contributed by atoms with van der Waals surface area (Å²) in [5.41, 5.74) is 1.90. The summed E-state index contributed by atoms with van der Waals surface area (Å²) in [5.74, 6) is 4.06. The zero-order valence-electron chi connectivity index (χ0n) is 20.1. The van der Waals surface area contributed by atoms with Gasteiger partial charge >= 0.3 is 0 Å². The molecule has 10 unspecified atom stereocenters. The van der Waals surface area contributed by atoms with Gasteiger partial charge in [-0.3, -0.25) is 0 Å². The van der Waals surface area contributed by atoms with Gasteiger partial charge in [0.2, 0.25) is 0 Å². The molecular weight excluding hydrogens is 368 g/mol. The summed E-state index contributed by atoms with van der Waals surface area (Å²) in [6.45, 7) is 16.1. The third-order valence-electron chi connectivity index (χ3n) is 10.7. The molecule has 0 saturated heterocycles. The van der Waals surface area contributed by atoms with Crippen LogP contribution in [0, 0.1) is 52.3 Å². The van der Waals surface area contributed by atoms with Crippen molar-refractivity contribution in [3.8, 4) is 0 Å². The van der Waals surface area contributed by atoms with E-state index in [1.165, 1.54) is 31.3 Å². The van der Waals surface area contributed by atoms with Gasteiger partial charge in [0.1, 0.15) is 0 Å². The van der Waals surface area contributed by atoms with E-state index in [9.17, 15) is 10.2 Å². The standard InChI is InChI=1S/C28H46O2/c1-17(2)18(3)7-8-19(4)22-9-10-23-26-24(12-14-28(22,23)6)27(5)13-11-21(29)15-20(27)16-25(26)30/h7-8,17,19-26,29-30H,3,9-16H2,1-2,4-6H3/b8-7+. The minimum Gasteiger partial charge on any atom is -0.393 e. The lowest BCUT2D eigenvalue weighted by Gasteiger charge is -2.62. The molecule has 0 aromatic carbocycles. The molecule has 4 aliphatic carbocycles. The third kappa shape index (κ3) is 3.54. The first-order valence-corrected chi connectivity index (χ1v) is 12.8. The fraction of sp³-hybridized carbons (Fsp3) is 0.857. The van der Waals surface area contributed by atoms with E-state index in [4.69, 9.17) is 0 Å². The van der Waals surface area contributed by atoms with Crippen LogP contribution < -0.4 is 0 Å². The summed E-state index contributed by atoms with van der Waals surface area (Å²) in [6.07, 6.45) is 13.5. The topological polar surface area (TPSA) is 40.5 Å². The highest BCUT2D eigenvalue weighted by Gasteiger charge is 2.62. The first-order chi connectivity index (χ1) is 14.1. The normalized spacial score (nSPS) is 49.5. The lowest BCUT2D eigenvalue weighted by Crippen LogP contribution is -2.58. The summed E-state index contributed by atoms with van der Waals surface area (Å²) in [7, 11) is 0. The molecule has 0 heterocycles. The highest BCUT2D eigenvalue weighted by molar-refractivity contribution is 5.19. The van der Waals surface area contributed by atoms with Crippen LogP contribution in [-0.2, 0) is 0 Å². The maximum Gasteiger partial charge on any atom is 0.0577 e. The minimum absolute atomic E-state index is 0.148. The van der Waals surface area contributed by atoms with Gasteiger partial charge in [-0.15, -0.1) is 0 Å². The molecule has 0 aromatic heterocycles. The van der Waals surface area contributed by atoms with Crippen LogP contribution in [0.2, 0.25) is 0 Å². The molecule has 4 saturated carbocycles. The lowest BCUT2D eigenvalue weighted by molar-refractivity contribution is -0.173. The van der Waals surface area contributed by atoms with Gasteiger partial charge in [-0.05, 0) is 104 Å². The van der Waals surface area contributed by atoms with Crippen LogP contribution in [-0.4, -0.2) is 22.4 Å². The smallest absolute Gasteiger partial charge is 0.0577 e. The second kappa shape index (κ2) is 8.07. The van der Waals surface area contributed by atoms with Gasteiger partial charge in [0.25, 0.3) is 0 Å². The van der Waals surface area contributed by atoms with Crippen molar-refractivity contribution in [3.63, 3.8) is 0 Å². The Morgan fingerprint density at radius 3 is 2.30 bits per heavy atom. The van der Waals surface area contributed by atoms with Crippen LogP contribution in [0.5, 0.6) is 0 Å². The largest absolute Gasteiger partial charge is 0.393 e. The second-order valence-corrected chi connectivity index (χ2v) is 12.4. The number of aliphatic hydroxyl groups excluding tert-OH is 2. The van der Waals surface area contributed by atoms with E-state index in [0.29, 0.717) is 52.3 Å². The van der Waals surface area contributed by atoms with Crippen molar-refractivity contribution in [2.45, 2.75) is 98.2 Å². The quantitative estimate of drug-likeness (QED) is 0.524. The summed E-state index contributed by atoms with van der Waals surface area (Å²) in [4.78, 5) is 0. The van der Waals surface area contributed by atoms with E-state index < -0.39 is 0 Å². The number of fused-ring (bicyclic) bond motifs is 5. The van der Waals surface area contributed by atoms with Gasteiger partial charge in [0.05, 0.1) is 12.2 Å². The molecule has 2 heteroatoms. The zero-order chi connectivity index (χ0) is 21.8. The van der Waals surface area contributed by atoms with Crippen molar-refractivity contribution in [1.29, 1.82) is 0 Å². The Kier molecular flexibility index (Phi) is 6.08. The Morgan fingerprint density at radius 1 is 0.933 bits per heavy atom. The predicted octanol–water partition coefficient (Wildman–Crippen LogP) is 6.38. The van der Waals surface area contributed by atoms with Gasteiger partial charge in [0.15, 0.2) is 0 Å².